The molecule has 28 heavy (non-hydrogen) atoms. The Labute approximate surface area is 174 Å². The topological polar surface area (TPSA) is 60.9 Å². The molecule has 146 valence electrons. The fourth-order valence-electron chi connectivity index (χ4n) is 3.70. The van der Waals surface area contributed by atoms with E-state index in [4.69, 9.17) is 5.73 Å². The van der Waals surface area contributed by atoms with Crippen molar-refractivity contribution in [3.05, 3.63) is 75.8 Å². The van der Waals surface area contributed by atoms with Crippen LogP contribution in [0.25, 0.3) is 11.1 Å². The van der Waals surface area contributed by atoms with Gasteiger partial charge in [-0.1, -0.05) is 53.9 Å². The van der Waals surface area contributed by atoms with Crippen LogP contribution in [0.4, 0.5) is 0 Å². The summed E-state index contributed by atoms with van der Waals surface area (Å²) in [6.07, 6.45) is 6.08. The second-order valence-electron chi connectivity index (χ2n) is 7.02. The first-order chi connectivity index (χ1) is 13.5. The predicted molar refractivity (Wildman–Crippen MR) is 117 cm³/mol. The van der Waals surface area contributed by atoms with Gasteiger partial charge in [-0.2, -0.15) is 0 Å². The van der Waals surface area contributed by atoms with Gasteiger partial charge in [-0.05, 0) is 49.6 Å². The van der Waals surface area contributed by atoms with E-state index in [9.17, 15) is 4.79 Å². The van der Waals surface area contributed by atoms with Crippen LogP contribution in [0, 0.1) is 6.92 Å². The van der Waals surface area contributed by atoms with Gasteiger partial charge in [-0.3, -0.25) is 9.78 Å². The van der Waals surface area contributed by atoms with E-state index in [0.717, 1.165) is 58.4 Å². The van der Waals surface area contributed by atoms with E-state index in [1.807, 2.05) is 49.4 Å². The Hall–Kier alpha value is -2.40. The zero-order chi connectivity index (χ0) is 20.1. The number of carbonyl (C=O) groups is 1. The molecule has 1 amide bonds. The number of hydrogen-bond donors (Lipinski definition) is 1. The van der Waals surface area contributed by atoms with Crippen molar-refractivity contribution < 1.29 is 4.79 Å². The number of rotatable bonds is 8. The van der Waals surface area contributed by atoms with E-state index in [1.54, 1.807) is 6.20 Å². The minimum Gasteiger partial charge on any atom is -0.366 e. The van der Waals surface area contributed by atoms with Crippen molar-refractivity contribution in [2.24, 2.45) is 5.73 Å². The maximum absolute atomic E-state index is 12.4. The van der Waals surface area contributed by atoms with E-state index in [1.165, 1.54) is 0 Å². The molecular weight excluding hydrogens is 414 g/mol. The summed E-state index contributed by atoms with van der Waals surface area (Å²) in [7, 11) is 0. The third kappa shape index (κ3) is 4.36. The molecule has 0 aliphatic carbocycles. The largest absolute Gasteiger partial charge is 0.366 e. The number of amides is 1. The summed E-state index contributed by atoms with van der Waals surface area (Å²) in [5, 5.41) is 0. The number of nitrogens with zero attached hydrogens (tertiary/aromatic N) is 2. The summed E-state index contributed by atoms with van der Waals surface area (Å²) in [5.41, 5.74) is 11.5. The van der Waals surface area contributed by atoms with Gasteiger partial charge >= 0.3 is 0 Å². The molecule has 4 nitrogen and oxygen atoms in total. The molecule has 0 fully saturated rings. The minimum atomic E-state index is -0.382. The van der Waals surface area contributed by atoms with Gasteiger partial charge in [0.15, 0.2) is 0 Å². The molecule has 3 aromatic rings. The Morgan fingerprint density at radius 3 is 2.50 bits per heavy atom. The highest BCUT2D eigenvalue weighted by atomic mass is 79.9. The molecule has 0 saturated heterocycles. The van der Waals surface area contributed by atoms with Crippen LogP contribution in [0.3, 0.4) is 0 Å². The second-order valence-corrected chi connectivity index (χ2v) is 7.93. The molecule has 0 aliphatic heterocycles. The summed E-state index contributed by atoms with van der Waals surface area (Å²) in [6.45, 7) is 4.81. The van der Waals surface area contributed by atoms with Gasteiger partial charge in [0.25, 0.3) is 5.91 Å². The molecule has 0 bridgehead atoms. The summed E-state index contributed by atoms with van der Waals surface area (Å²) in [4.78, 5) is 16.9. The Morgan fingerprint density at radius 2 is 1.89 bits per heavy atom. The SMILES string of the molecule is CCCCCc1c(-c2ccc(Br)cc2)c(C(N)=O)c(C)n1Cc1ccccn1. The smallest absolute Gasteiger partial charge is 0.251 e. The van der Waals surface area contributed by atoms with Crippen LogP contribution in [0.15, 0.2) is 53.1 Å². The molecule has 0 radical (unpaired) electrons. The molecule has 5 heteroatoms. The van der Waals surface area contributed by atoms with Crippen LogP contribution in [-0.4, -0.2) is 15.5 Å². The van der Waals surface area contributed by atoms with E-state index in [0.29, 0.717) is 12.1 Å². The molecule has 3 rings (SSSR count). The van der Waals surface area contributed by atoms with E-state index >= 15 is 0 Å². The van der Waals surface area contributed by atoms with Crippen molar-refractivity contribution in [1.29, 1.82) is 0 Å². The average molecular weight is 440 g/mol. The zero-order valence-electron chi connectivity index (χ0n) is 16.4. The zero-order valence-corrected chi connectivity index (χ0v) is 18.0. The van der Waals surface area contributed by atoms with Crippen molar-refractivity contribution in [2.75, 3.05) is 0 Å². The first-order valence-electron chi connectivity index (χ1n) is 9.70. The predicted octanol–water partition coefficient (Wildman–Crippen LogP) is 5.50. The third-order valence-corrected chi connectivity index (χ3v) is 5.60. The average Bonchev–Trinajstić information content (AvgIpc) is 2.96. The lowest BCUT2D eigenvalue weighted by atomic mass is 9.97. The van der Waals surface area contributed by atoms with Crippen LogP contribution in [0.5, 0.6) is 0 Å². The molecule has 0 aliphatic rings. The van der Waals surface area contributed by atoms with Gasteiger partial charge in [0.2, 0.25) is 0 Å². The quantitative estimate of drug-likeness (QED) is 0.470. The fraction of sp³-hybridized carbons (Fsp3) is 0.304. The van der Waals surface area contributed by atoms with Crippen molar-refractivity contribution >= 4 is 21.8 Å². The Kier molecular flexibility index (Phi) is 6.68. The third-order valence-electron chi connectivity index (χ3n) is 5.07. The molecule has 0 atom stereocenters. The lowest BCUT2D eigenvalue weighted by Crippen LogP contribution is -2.13. The minimum absolute atomic E-state index is 0.382. The van der Waals surface area contributed by atoms with Gasteiger partial charge in [0, 0.05) is 27.6 Å². The maximum Gasteiger partial charge on any atom is 0.251 e. The van der Waals surface area contributed by atoms with Crippen LogP contribution in [-0.2, 0) is 13.0 Å². The van der Waals surface area contributed by atoms with Crippen LogP contribution < -0.4 is 5.73 Å². The summed E-state index contributed by atoms with van der Waals surface area (Å²) >= 11 is 3.49. The summed E-state index contributed by atoms with van der Waals surface area (Å²) < 4.78 is 3.23. The number of nitrogens with two attached hydrogens (primary N) is 1. The molecular formula is C23H26BrN3O. The van der Waals surface area contributed by atoms with Gasteiger partial charge in [0.1, 0.15) is 0 Å². The van der Waals surface area contributed by atoms with Crippen molar-refractivity contribution in [1.82, 2.24) is 9.55 Å². The van der Waals surface area contributed by atoms with Crippen molar-refractivity contribution in [2.45, 2.75) is 46.1 Å². The number of carbonyl (C=O) groups excluding carboxylic acids is 1. The van der Waals surface area contributed by atoms with Gasteiger partial charge in [-0.15, -0.1) is 0 Å². The highest BCUT2D eigenvalue weighted by Gasteiger charge is 2.24. The number of primary amides is 1. The number of unbranched alkanes of at least 4 members (excludes halogenated alkanes) is 2. The summed E-state index contributed by atoms with van der Waals surface area (Å²) in [5.74, 6) is -0.382. The molecule has 0 saturated carbocycles. The van der Waals surface area contributed by atoms with Gasteiger partial charge < -0.3 is 10.3 Å². The highest BCUT2D eigenvalue weighted by Crippen LogP contribution is 2.35. The highest BCUT2D eigenvalue weighted by molar-refractivity contribution is 9.10. The molecule has 2 aromatic heterocycles. The summed E-state index contributed by atoms with van der Waals surface area (Å²) in [6, 6.07) is 14.0. The van der Waals surface area contributed by atoms with Crippen molar-refractivity contribution in [3.8, 4) is 11.1 Å². The monoisotopic (exact) mass is 439 g/mol. The Bertz CT molecular complexity index is 946. The number of halogens is 1. The van der Waals surface area contributed by atoms with Gasteiger partial charge in [0.05, 0.1) is 17.8 Å². The number of pyridine rings is 1. The van der Waals surface area contributed by atoms with E-state index in [-0.39, 0.29) is 5.91 Å². The normalized spacial score (nSPS) is 11.0. The Balaban J connectivity index is 2.18. The van der Waals surface area contributed by atoms with Crippen LogP contribution in [0.2, 0.25) is 0 Å². The van der Waals surface area contributed by atoms with E-state index in [2.05, 4.69) is 32.4 Å². The maximum atomic E-state index is 12.4. The second kappa shape index (κ2) is 9.20. The van der Waals surface area contributed by atoms with E-state index < -0.39 is 0 Å². The molecule has 2 heterocycles. The first kappa shape index (κ1) is 20.3. The van der Waals surface area contributed by atoms with Crippen molar-refractivity contribution in [3.63, 3.8) is 0 Å². The standard InChI is InChI=1S/C23H26BrN3O/c1-3-4-5-9-20-22(17-10-12-18(24)13-11-17)21(23(25)28)16(2)27(20)15-19-8-6-7-14-26-19/h6-8,10-14H,3-5,9,15H2,1-2H3,(H2,25,28). The van der Waals surface area contributed by atoms with Crippen LogP contribution >= 0.6 is 15.9 Å². The lowest BCUT2D eigenvalue weighted by Gasteiger charge is -2.13. The van der Waals surface area contributed by atoms with Gasteiger partial charge in [-0.25, -0.2) is 0 Å². The lowest BCUT2D eigenvalue weighted by molar-refractivity contribution is 0.1000. The molecule has 1 aromatic carbocycles. The number of benzene rings is 1. The Morgan fingerprint density at radius 1 is 1.14 bits per heavy atom. The first-order valence-corrected chi connectivity index (χ1v) is 10.5. The molecule has 2 N–H and O–H groups in total. The molecule has 0 unspecified atom stereocenters. The number of aromatic nitrogens is 2. The number of hydrogen-bond acceptors (Lipinski definition) is 2. The fourth-order valence-corrected chi connectivity index (χ4v) is 3.96. The molecule has 0 spiro atoms. The van der Waals surface area contributed by atoms with Crippen LogP contribution in [0.1, 0.15) is 53.6 Å².